The molecule has 1 heterocycles. The normalized spacial score (nSPS) is 13.0. The van der Waals surface area contributed by atoms with E-state index in [2.05, 4.69) is 65.1 Å². The molecular weight excluding hydrogens is 420 g/mol. The number of amides is 1. The molecule has 1 amide bonds. The molecule has 0 radical (unpaired) electrons. The van der Waals surface area contributed by atoms with Crippen LogP contribution in [0, 0.1) is 6.92 Å². The molecule has 0 saturated carbocycles. The number of nitrogens with zero attached hydrogens (tertiary/aromatic N) is 3. The number of ether oxygens (including phenoxy) is 1. The van der Waals surface area contributed by atoms with Crippen LogP contribution in [0.3, 0.4) is 0 Å². The second-order valence-electron chi connectivity index (χ2n) is 8.11. The maximum atomic E-state index is 12.3. The van der Waals surface area contributed by atoms with E-state index in [1.165, 1.54) is 5.56 Å². The summed E-state index contributed by atoms with van der Waals surface area (Å²) >= 11 is 1.63. The molecule has 3 rings (SSSR count). The van der Waals surface area contributed by atoms with Gasteiger partial charge in [-0.1, -0.05) is 60.6 Å². The van der Waals surface area contributed by atoms with Crippen molar-refractivity contribution in [3.63, 3.8) is 0 Å². The molecule has 170 valence electrons. The van der Waals surface area contributed by atoms with Crippen LogP contribution in [0.2, 0.25) is 0 Å². The molecule has 6 nitrogen and oxygen atoms in total. The van der Waals surface area contributed by atoms with Crippen molar-refractivity contribution < 1.29 is 9.53 Å². The minimum absolute atomic E-state index is 0.0329. The average molecular weight is 453 g/mol. The van der Waals surface area contributed by atoms with Crippen LogP contribution in [0.25, 0.3) is 11.4 Å². The van der Waals surface area contributed by atoms with E-state index in [4.69, 9.17) is 4.74 Å². The number of carbonyl (C=O) groups is 1. The van der Waals surface area contributed by atoms with Crippen molar-refractivity contribution in [2.45, 2.75) is 57.1 Å². The van der Waals surface area contributed by atoms with Gasteiger partial charge in [-0.15, -0.1) is 10.2 Å². The van der Waals surface area contributed by atoms with Gasteiger partial charge in [0.15, 0.2) is 11.0 Å². The van der Waals surface area contributed by atoms with Gasteiger partial charge in [0.1, 0.15) is 0 Å². The molecule has 1 N–H and O–H groups in total. The molecule has 0 unspecified atom stereocenters. The second-order valence-corrected chi connectivity index (χ2v) is 9.06. The Kier molecular flexibility index (Phi) is 8.47. The molecular formula is C25H32N4O2S. The Labute approximate surface area is 194 Å². The van der Waals surface area contributed by atoms with Crippen molar-refractivity contribution in [3.05, 3.63) is 65.2 Å². The number of thioether (sulfide) groups is 1. The Bertz CT molecular complexity index is 1020. The van der Waals surface area contributed by atoms with E-state index in [9.17, 15) is 4.79 Å². The fraction of sp³-hybridized carbons (Fsp3) is 0.400. The lowest BCUT2D eigenvalue weighted by molar-refractivity contribution is 0.0939. The van der Waals surface area contributed by atoms with Gasteiger partial charge < -0.3 is 10.1 Å². The minimum atomic E-state index is -0.0329. The van der Waals surface area contributed by atoms with Crippen LogP contribution < -0.4 is 5.32 Å². The maximum Gasteiger partial charge on any atom is 0.251 e. The van der Waals surface area contributed by atoms with E-state index >= 15 is 0 Å². The quantitative estimate of drug-likeness (QED) is 0.424. The van der Waals surface area contributed by atoms with Gasteiger partial charge >= 0.3 is 0 Å². The van der Waals surface area contributed by atoms with Crippen molar-refractivity contribution >= 4 is 17.7 Å². The van der Waals surface area contributed by atoms with Crippen LogP contribution in [-0.4, -0.2) is 40.4 Å². The smallest absolute Gasteiger partial charge is 0.251 e. The van der Waals surface area contributed by atoms with Gasteiger partial charge in [-0.25, -0.2) is 0 Å². The Balaban J connectivity index is 1.75. The predicted octanol–water partition coefficient (Wildman–Crippen LogP) is 5.28. The zero-order chi connectivity index (χ0) is 23.1. The lowest BCUT2D eigenvalue weighted by atomic mass is 10.1. The number of hydrogen-bond donors (Lipinski definition) is 1. The van der Waals surface area contributed by atoms with Crippen LogP contribution in [0.15, 0.2) is 53.7 Å². The number of methoxy groups -OCH3 is 1. The summed E-state index contributed by atoms with van der Waals surface area (Å²) in [6.45, 7) is 8.82. The lowest BCUT2D eigenvalue weighted by Gasteiger charge is -2.17. The van der Waals surface area contributed by atoms with Crippen molar-refractivity contribution in [2.75, 3.05) is 13.7 Å². The Morgan fingerprint density at radius 1 is 1.09 bits per heavy atom. The van der Waals surface area contributed by atoms with Gasteiger partial charge in [0.05, 0.1) is 12.6 Å². The van der Waals surface area contributed by atoms with Gasteiger partial charge in [-0.2, -0.15) is 0 Å². The summed E-state index contributed by atoms with van der Waals surface area (Å²) in [6.07, 6.45) is 0.910. The first-order valence-electron chi connectivity index (χ1n) is 11.0. The van der Waals surface area contributed by atoms with E-state index in [1.54, 1.807) is 18.9 Å². The van der Waals surface area contributed by atoms with E-state index in [0.717, 1.165) is 34.3 Å². The van der Waals surface area contributed by atoms with Crippen LogP contribution in [0.4, 0.5) is 0 Å². The highest BCUT2D eigenvalue weighted by Crippen LogP contribution is 2.30. The molecule has 0 aliphatic heterocycles. The number of carbonyl (C=O) groups excluding carboxylic acids is 1. The van der Waals surface area contributed by atoms with Crippen molar-refractivity contribution in [3.8, 4) is 11.4 Å². The summed E-state index contributed by atoms with van der Waals surface area (Å²) < 4.78 is 7.55. The maximum absolute atomic E-state index is 12.3. The Morgan fingerprint density at radius 2 is 1.78 bits per heavy atom. The van der Waals surface area contributed by atoms with Gasteiger partial charge in [0.2, 0.25) is 0 Å². The monoisotopic (exact) mass is 452 g/mol. The topological polar surface area (TPSA) is 69.0 Å². The third kappa shape index (κ3) is 5.99. The molecule has 0 fully saturated rings. The van der Waals surface area contributed by atoms with E-state index in [0.29, 0.717) is 12.2 Å². The van der Waals surface area contributed by atoms with Crippen molar-refractivity contribution in [1.82, 2.24) is 20.1 Å². The van der Waals surface area contributed by atoms with E-state index < -0.39 is 0 Å². The first kappa shape index (κ1) is 24.0. The third-order valence-electron chi connectivity index (χ3n) is 5.40. The number of aromatic nitrogens is 3. The zero-order valence-corrected chi connectivity index (χ0v) is 20.3. The van der Waals surface area contributed by atoms with Crippen LogP contribution in [0.5, 0.6) is 0 Å². The Morgan fingerprint density at radius 3 is 2.41 bits per heavy atom. The summed E-state index contributed by atoms with van der Waals surface area (Å²) in [5.41, 5.74) is 4.05. The fourth-order valence-electron chi connectivity index (χ4n) is 3.30. The van der Waals surface area contributed by atoms with Gasteiger partial charge in [-0.3, -0.25) is 9.36 Å². The highest BCUT2D eigenvalue weighted by Gasteiger charge is 2.19. The summed E-state index contributed by atoms with van der Waals surface area (Å²) in [6, 6.07) is 16.3. The summed E-state index contributed by atoms with van der Waals surface area (Å²) in [7, 11) is 1.71. The molecule has 1 aromatic heterocycles. The molecule has 0 aliphatic rings. The molecule has 0 aliphatic carbocycles. The van der Waals surface area contributed by atoms with Gasteiger partial charge in [0.25, 0.3) is 5.91 Å². The van der Waals surface area contributed by atoms with Crippen molar-refractivity contribution in [2.24, 2.45) is 0 Å². The van der Waals surface area contributed by atoms with Crippen LogP contribution >= 0.6 is 11.8 Å². The molecule has 0 spiro atoms. The highest BCUT2D eigenvalue weighted by atomic mass is 32.2. The molecule has 3 aromatic rings. The van der Waals surface area contributed by atoms with Crippen LogP contribution in [0.1, 0.15) is 54.7 Å². The molecule has 32 heavy (non-hydrogen) atoms. The van der Waals surface area contributed by atoms with E-state index in [-0.39, 0.29) is 18.0 Å². The number of benzene rings is 2. The number of aryl methyl sites for hydroxylation is 1. The fourth-order valence-corrected chi connectivity index (χ4v) is 4.29. The summed E-state index contributed by atoms with van der Waals surface area (Å²) in [5, 5.41) is 12.8. The summed E-state index contributed by atoms with van der Waals surface area (Å²) in [4.78, 5) is 12.3. The number of rotatable bonds is 10. The largest absolute Gasteiger partial charge is 0.383 e. The van der Waals surface area contributed by atoms with E-state index in [1.807, 2.05) is 31.2 Å². The second kappa shape index (κ2) is 11.3. The van der Waals surface area contributed by atoms with Gasteiger partial charge in [0, 0.05) is 30.0 Å². The molecule has 2 atom stereocenters. The van der Waals surface area contributed by atoms with Crippen LogP contribution in [-0.2, 0) is 10.5 Å². The minimum Gasteiger partial charge on any atom is -0.383 e. The molecule has 0 bridgehead atoms. The summed E-state index contributed by atoms with van der Waals surface area (Å²) in [5.74, 6) is 1.54. The third-order valence-corrected chi connectivity index (χ3v) is 6.41. The average Bonchev–Trinajstić information content (AvgIpc) is 3.22. The number of hydrogen-bond acceptors (Lipinski definition) is 5. The lowest BCUT2D eigenvalue weighted by Crippen LogP contribution is -2.31. The SMILES string of the molecule is CC[C@@H](C)NC(=O)c1ccc(CSc2nnc(-c3ccc(C)cc3)n2[C@@H](C)COC)cc1. The molecule has 0 saturated heterocycles. The zero-order valence-electron chi connectivity index (χ0n) is 19.5. The molecule has 2 aromatic carbocycles. The van der Waals surface area contributed by atoms with Crippen molar-refractivity contribution in [1.29, 1.82) is 0 Å². The predicted molar refractivity (Wildman–Crippen MR) is 130 cm³/mol. The molecule has 7 heteroatoms. The highest BCUT2D eigenvalue weighted by molar-refractivity contribution is 7.98. The first-order chi connectivity index (χ1) is 15.4. The number of nitrogens with one attached hydrogen (secondary N) is 1. The van der Waals surface area contributed by atoms with Gasteiger partial charge in [-0.05, 0) is 44.9 Å². The standard InChI is InChI=1S/C25H32N4O2S/c1-6-18(3)26-24(30)22-13-9-20(10-14-22)16-32-25-28-27-23(29(25)19(4)15-31-5)21-11-7-17(2)8-12-21/h7-14,18-19H,6,15-16H2,1-5H3,(H,26,30)/t18-,19+/m1/s1. The Hall–Kier alpha value is -2.64. The first-order valence-corrected chi connectivity index (χ1v) is 11.9.